The Balaban J connectivity index is 1.13. The molecule has 0 aliphatic rings. The third-order valence-electron chi connectivity index (χ3n) is 10.3. The summed E-state index contributed by atoms with van der Waals surface area (Å²) in [5.74, 6) is 0. The molecule has 8 aromatic carbocycles. The Bertz CT molecular complexity index is 2810. The van der Waals surface area contributed by atoms with Crippen molar-refractivity contribution in [2.24, 2.45) is 0 Å². The standard InChI is InChI=1S/C49H32N2/c1-3-14-33(15-4-1)34-26-28-35(29-27-34)47-39-18-7-9-20-41(39)48(42-21-10-8-19-40(42)47)44-31-30-36(32-50-44)38-23-13-25-46-49(38)43-22-11-12-24-45(43)51(46)37-16-5-2-6-17-37/h1-32H. The fourth-order valence-corrected chi connectivity index (χ4v) is 7.99. The van der Waals surface area contributed by atoms with Crippen LogP contribution >= 0.6 is 0 Å². The molecule has 0 atom stereocenters. The quantitative estimate of drug-likeness (QED) is 0.170. The Morgan fingerprint density at radius 3 is 1.49 bits per heavy atom. The molecule has 0 bridgehead atoms. The molecule has 0 N–H and O–H groups in total. The SMILES string of the molecule is c1ccc(-c2ccc(-c3c4ccccc4c(-c4ccc(-c5cccc6c5c5ccccc5n6-c5ccccc5)cn4)c4ccccc34)cc2)cc1. The first-order valence-corrected chi connectivity index (χ1v) is 17.5. The molecule has 0 saturated heterocycles. The highest BCUT2D eigenvalue weighted by molar-refractivity contribution is 6.21. The summed E-state index contributed by atoms with van der Waals surface area (Å²) < 4.78 is 2.37. The largest absolute Gasteiger partial charge is 0.309 e. The molecule has 0 spiro atoms. The van der Waals surface area contributed by atoms with E-state index in [1.165, 1.54) is 71.2 Å². The summed E-state index contributed by atoms with van der Waals surface area (Å²) in [6, 6.07) is 67.5. The van der Waals surface area contributed by atoms with Crippen LogP contribution in [0.15, 0.2) is 194 Å². The van der Waals surface area contributed by atoms with Crippen LogP contribution in [0.3, 0.4) is 0 Å². The number of pyridine rings is 1. The minimum absolute atomic E-state index is 0.969. The minimum atomic E-state index is 0.969. The second-order valence-electron chi connectivity index (χ2n) is 13.1. The van der Waals surface area contributed by atoms with E-state index in [0.29, 0.717) is 0 Å². The number of nitrogens with zero attached hydrogens (tertiary/aromatic N) is 2. The number of benzene rings is 8. The van der Waals surface area contributed by atoms with Gasteiger partial charge in [-0.3, -0.25) is 4.98 Å². The smallest absolute Gasteiger partial charge is 0.0714 e. The lowest BCUT2D eigenvalue weighted by Gasteiger charge is -2.17. The zero-order chi connectivity index (χ0) is 33.7. The molecule has 0 radical (unpaired) electrons. The molecule has 0 unspecified atom stereocenters. The molecule has 10 rings (SSSR count). The molecule has 0 aliphatic carbocycles. The van der Waals surface area contributed by atoms with Crippen LogP contribution in [0.2, 0.25) is 0 Å². The van der Waals surface area contributed by atoms with Gasteiger partial charge in [0.25, 0.3) is 0 Å². The van der Waals surface area contributed by atoms with Crippen LogP contribution in [0.4, 0.5) is 0 Å². The van der Waals surface area contributed by atoms with Gasteiger partial charge in [-0.25, -0.2) is 0 Å². The van der Waals surface area contributed by atoms with Gasteiger partial charge in [-0.1, -0.05) is 158 Å². The Morgan fingerprint density at radius 2 is 0.843 bits per heavy atom. The summed E-state index contributed by atoms with van der Waals surface area (Å²) in [5, 5.41) is 7.33. The van der Waals surface area contributed by atoms with Crippen LogP contribution in [0.1, 0.15) is 0 Å². The molecule has 51 heavy (non-hydrogen) atoms. The summed E-state index contributed by atoms with van der Waals surface area (Å²) in [6.45, 7) is 0. The van der Waals surface area contributed by atoms with Gasteiger partial charge in [0.15, 0.2) is 0 Å². The van der Waals surface area contributed by atoms with Crippen LogP contribution in [-0.2, 0) is 0 Å². The highest BCUT2D eigenvalue weighted by Crippen LogP contribution is 2.44. The van der Waals surface area contributed by atoms with E-state index < -0.39 is 0 Å². The normalized spacial score (nSPS) is 11.5. The topological polar surface area (TPSA) is 17.8 Å². The molecule has 10 aromatic rings. The van der Waals surface area contributed by atoms with E-state index in [2.05, 4.69) is 199 Å². The average Bonchev–Trinajstić information content (AvgIpc) is 3.55. The minimum Gasteiger partial charge on any atom is -0.309 e. The number of para-hydroxylation sites is 2. The van der Waals surface area contributed by atoms with Crippen LogP contribution in [-0.4, -0.2) is 9.55 Å². The van der Waals surface area contributed by atoms with Crippen molar-refractivity contribution in [3.05, 3.63) is 194 Å². The molecular formula is C49H32N2. The van der Waals surface area contributed by atoms with E-state index in [0.717, 1.165) is 22.5 Å². The summed E-state index contributed by atoms with van der Waals surface area (Å²) in [7, 11) is 0. The summed E-state index contributed by atoms with van der Waals surface area (Å²) >= 11 is 0. The van der Waals surface area contributed by atoms with Crippen molar-refractivity contribution in [2.45, 2.75) is 0 Å². The number of hydrogen-bond acceptors (Lipinski definition) is 1. The molecule has 0 saturated carbocycles. The number of aromatic nitrogens is 2. The predicted octanol–water partition coefficient (Wildman–Crippen LogP) is 13.2. The van der Waals surface area contributed by atoms with Crippen molar-refractivity contribution in [2.75, 3.05) is 0 Å². The summed E-state index contributed by atoms with van der Waals surface area (Å²) in [5.41, 5.74) is 12.9. The molecule has 0 aliphatic heterocycles. The lowest BCUT2D eigenvalue weighted by Crippen LogP contribution is -1.93. The monoisotopic (exact) mass is 648 g/mol. The van der Waals surface area contributed by atoms with Crippen LogP contribution in [0, 0.1) is 0 Å². The van der Waals surface area contributed by atoms with Gasteiger partial charge in [0.05, 0.1) is 16.7 Å². The van der Waals surface area contributed by atoms with Crippen LogP contribution < -0.4 is 0 Å². The fraction of sp³-hybridized carbons (Fsp3) is 0. The lowest BCUT2D eigenvalue weighted by atomic mass is 9.86. The van der Waals surface area contributed by atoms with Crippen molar-refractivity contribution >= 4 is 43.4 Å². The maximum atomic E-state index is 5.22. The molecule has 0 amide bonds. The average molecular weight is 649 g/mol. The number of rotatable bonds is 5. The Kier molecular flexibility index (Phi) is 6.85. The molecule has 2 aromatic heterocycles. The van der Waals surface area contributed by atoms with Gasteiger partial charge in [0, 0.05) is 33.8 Å². The maximum Gasteiger partial charge on any atom is 0.0714 e. The number of hydrogen-bond donors (Lipinski definition) is 0. The fourth-order valence-electron chi connectivity index (χ4n) is 7.99. The summed E-state index contributed by atoms with van der Waals surface area (Å²) in [6.07, 6.45) is 2.05. The van der Waals surface area contributed by atoms with Crippen molar-refractivity contribution in [1.29, 1.82) is 0 Å². The van der Waals surface area contributed by atoms with Gasteiger partial charge in [0.1, 0.15) is 0 Å². The van der Waals surface area contributed by atoms with E-state index >= 15 is 0 Å². The second kappa shape index (κ2) is 12.0. The highest BCUT2D eigenvalue weighted by Gasteiger charge is 2.19. The van der Waals surface area contributed by atoms with E-state index in [9.17, 15) is 0 Å². The van der Waals surface area contributed by atoms with E-state index in [1.54, 1.807) is 0 Å². The Labute approximate surface area is 296 Å². The Hall–Kier alpha value is -6.77. The molecule has 238 valence electrons. The third kappa shape index (κ3) is 4.76. The molecule has 0 fully saturated rings. The highest BCUT2D eigenvalue weighted by atomic mass is 15.0. The van der Waals surface area contributed by atoms with Gasteiger partial charge in [0.2, 0.25) is 0 Å². The third-order valence-corrected chi connectivity index (χ3v) is 10.3. The second-order valence-corrected chi connectivity index (χ2v) is 13.1. The van der Waals surface area contributed by atoms with Gasteiger partial charge >= 0.3 is 0 Å². The molecule has 2 heterocycles. The lowest BCUT2D eigenvalue weighted by molar-refractivity contribution is 1.18. The van der Waals surface area contributed by atoms with Crippen LogP contribution in [0.25, 0.3) is 93.7 Å². The maximum absolute atomic E-state index is 5.22. The Morgan fingerprint density at radius 1 is 0.333 bits per heavy atom. The van der Waals surface area contributed by atoms with E-state index in [4.69, 9.17) is 4.98 Å². The first-order valence-electron chi connectivity index (χ1n) is 17.5. The molecule has 2 heteroatoms. The van der Waals surface area contributed by atoms with Gasteiger partial charge < -0.3 is 4.57 Å². The molecular weight excluding hydrogens is 617 g/mol. The van der Waals surface area contributed by atoms with Crippen LogP contribution in [0.5, 0.6) is 0 Å². The zero-order valence-corrected chi connectivity index (χ0v) is 27.9. The van der Waals surface area contributed by atoms with Crippen molar-refractivity contribution in [3.8, 4) is 50.3 Å². The zero-order valence-electron chi connectivity index (χ0n) is 27.9. The predicted molar refractivity (Wildman–Crippen MR) is 215 cm³/mol. The van der Waals surface area contributed by atoms with Crippen molar-refractivity contribution in [1.82, 2.24) is 9.55 Å². The van der Waals surface area contributed by atoms with Gasteiger partial charge in [-0.2, -0.15) is 0 Å². The van der Waals surface area contributed by atoms with Crippen molar-refractivity contribution in [3.63, 3.8) is 0 Å². The van der Waals surface area contributed by atoms with E-state index in [1.807, 2.05) is 0 Å². The van der Waals surface area contributed by atoms with Gasteiger partial charge in [-0.15, -0.1) is 0 Å². The van der Waals surface area contributed by atoms with E-state index in [-0.39, 0.29) is 0 Å². The first kappa shape index (κ1) is 29.2. The number of fused-ring (bicyclic) bond motifs is 5. The molecule has 2 nitrogen and oxygen atoms in total. The van der Waals surface area contributed by atoms with Gasteiger partial charge in [-0.05, 0) is 79.7 Å². The first-order chi connectivity index (χ1) is 25.3. The summed E-state index contributed by atoms with van der Waals surface area (Å²) in [4.78, 5) is 5.22. The van der Waals surface area contributed by atoms with Crippen molar-refractivity contribution < 1.29 is 0 Å².